The number of hydrogen-bond donors (Lipinski definition) is 3. The van der Waals surface area contributed by atoms with Crippen molar-refractivity contribution < 1.29 is 19.0 Å². The molecule has 1 saturated carbocycles. The van der Waals surface area contributed by atoms with Gasteiger partial charge in [0.05, 0.1) is 5.60 Å². The number of piperidine rings is 1. The number of carbonyl (C=O) groups is 1. The van der Waals surface area contributed by atoms with E-state index in [1.807, 2.05) is 18.0 Å². The predicted molar refractivity (Wildman–Crippen MR) is 138 cm³/mol. The normalized spacial score (nSPS) is 21.9. The minimum Gasteiger partial charge on any atom is -0.385 e. The molecule has 1 heterocycles. The van der Waals surface area contributed by atoms with Crippen LogP contribution in [0.5, 0.6) is 0 Å². The maximum atomic E-state index is 14.1. The van der Waals surface area contributed by atoms with Gasteiger partial charge in [0.2, 0.25) is 0 Å². The lowest BCUT2D eigenvalue weighted by atomic mass is 9.74. The number of amides is 2. The van der Waals surface area contributed by atoms with Crippen molar-refractivity contribution in [3.05, 3.63) is 35.6 Å². The molecule has 0 unspecified atom stereocenters. The molecule has 198 valence electrons. The van der Waals surface area contributed by atoms with Crippen LogP contribution in [0.1, 0.15) is 76.2 Å². The van der Waals surface area contributed by atoms with E-state index in [-0.39, 0.29) is 23.8 Å². The summed E-state index contributed by atoms with van der Waals surface area (Å²) in [5.41, 5.74) is -0.575. The van der Waals surface area contributed by atoms with Gasteiger partial charge in [-0.2, -0.15) is 0 Å². The Hall–Kier alpha value is -1.70. The van der Waals surface area contributed by atoms with E-state index in [0.717, 1.165) is 38.6 Å². The quantitative estimate of drug-likeness (QED) is 0.367. The van der Waals surface area contributed by atoms with Crippen LogP contribution in [0.4, 0.5) is 9.18 Å². The van der Waals surface area contributed by atoms with Gasteiger partial charge >= 0.3 is 6.03 Å². The summed E-state index contributed by atoms with van der Waals surface area (Å²) in [5, 5.41) is 18.5. The molecule has 35 heavy (non-hydrogen) atoms. The minimum absolute atomic E-state index is 0.0493. The molecule has 3 atom stereocenters. The summed E-state index contributed by atoms with van der Waals surface area (Å²) in [6.07, 6.45) is 11.2. The molecule has 1 aromatic carbocycles. The van der Waals surface area contributed by atoms with E-state index in [9.17, 15) is 14.3 Å². The highest BCUT2D eigenvalue weighted by atomic mass is 19.1. The number of likely N-dealkylation sites (tertiary alicyclic amines) is 1. The van der Waals surface area contributed by atoms with Crippen LogP contribution >= 0.6 is 0 Å². The van der Waals surface area contributed by atoms with Crippen LogP contribution < -0.4 is 10.6 Å². The van der Waals surface area contributed by atoms with Crippen molar-refractivity contribution >= 4 is 6.03 Å². The molecule has 1 aliphatic heterocycles. The van der Waals surface area contributed by atoms with Gasteiger partial charge in [0.1, 0.15) is 5.82 Å². The van der Waals surface area contributed by atoms with Crippen LogP contribution in [0.15, 0.2) is 24.3 Å². The van der Waals surface area contributed by atoms with Crippen LogP contribution in [-0.4, -0.2) is 62.5 Å². The first kappa shape index (κ1) is 27.9. The van der Waals surface area contributed by atoms with E-state index in [2.05, 4.69) is 10.6 Å². The fourth-order valence-electron chi connectivity index (χ4n) is 6.07. The molecule has 0 bridgehead atoms. The summed E-state index contributed by atoms with van der Waals surface area (Å²) in [5.74, 6) is 0.190. The maximum Gasteiger partial charge on any atom is 0.317 e. The van der Waals surface area contributed by atoms with E-state index in [4.69, 9.17) is 4.74 Å². The number of aliphatic hydroxyl groups is 1. The summed E-state index contributed by atoms with van der Waals surface area (Å²) in [6.45, 7) is 2.54. The van der Waals surface area contributed by atoms with E-state index >= 15 is 0 Å². The molecule has 0 radical (unpaired) electrons. The zero-order valence-corrected chi connectivity index (χ0v) is 21.7. The number of nitrogens with one attached hydrogen (secondary N) is 2. The SMILES string of the molecule is CNC[C@H](CC1CCCCC1)NC(=O)N1CCC[C@@H]([C@](O)(CCCCOC)c2cccc(F)c2)C1. The van der Waals surface area contributed by atoms with Crippen LogP contribution in [0, 0.1) is 17.7 Å². The van der Waals surface area contributed by atoms with Crippen molar-refractivity contribution in [1.29, 1.82) is 0 Å². The lowest BCUT2D eigenvalue weighted by Gasteiger charge is -2.43. The molecule has 7 heteroatoms. The van der Waals surface area contributed by atoms with Gasteiger partial charge in [0.25, 0.3) is 0 Å². The average Bonchev–Trinajstić information content (AvgIpc) is 2.87. The van der Waals surface area contributed by atoms with Gasteiger partial charge < -0.3 is 25.4 Å². The van der Waals surface area contributed by atoms with Crippen LogP contribution in [0.3, 0.4) is 0 Å². The first-order chi connectivity index (χ1) is 17.0. The Labute approximate surface area is 211 Å². The van der Waals surface area contributed by atoms with Gasteiger partial charge in [0.15, 0.2) is 0 Å². The molecule has 3 rings (SSSR count). The van der Waals surface area contributed by atoms with E-state index in [1.165, 1.54) is 44.2 Å². The first-order valence-corrected chi connectivity index (χ1v) is 13.6. The predicted octanol–water partition coefficient (Wildman–Crippen LogP) is 4.81. The van der Waals surface area contributed by atoms with Gasteiger partial charge in [-0.3, -0.25) is 0 Å². The highest BCUT2D eigenvalue weighted by Crippen LogP contribution is 2.40. The summed E-state index contributed by atoms with van der Waals surface area (Å²) in [6, 6.07) is 6.38. The number of benzene rings is 1. The first-order valence-electron chi connectivity index (χ1n) is 13.6. The third kappa shape index (κ3) is 8.16. The minimum atomic E-state index is -1.18. The van der Waals surface area contributed by atoms with Crippen molar-refractivity contribution in [2.45, 2.75) is 82.3 Å². The Kier molecular flexibility index (Phi) is 11.3. The zero-order chi connectivity index (χ0) is 25.1. The molecule has 3 N–H and O–H groups in total. The summed E-state index contributed by atoms with van der Waals surface area (Å²) in [7, 11) is 3.60. The third-order valence-corrected chi connectivity index (χ3v) is 7.99. The van der Waals surface area contributed by atoms with Gasteiger partial charge in [-0.05, 0) is 69.2 Å². The van der Waals surface area contributed by atoms with Crippen LogP contribution in [0.2, 0.25) is 0 Å². The second-order valence-electron chi connectivity index (χ2n) is 10.6. The van der Waals surface area contributed by atoms with Gasteiger partial charge in [0, 0.05) is 45.3 Å². The average molecular weight is 492 g/mol. The number of ether oxygens (including phenoxy) is 1. The molecule has 1 aromatic rings. The Morgan fingerprint density at radius 3 is 2.74 bits per heavy atom. The van der Waals surface area contributed by atoms with Crippen molar-refractivity contribution in [3.8, 4) is 0 Å². The summed E-state index contributed by atoms with van der Waals surface area (Å²) >= 11 is 0. The number of carbonyl (C=O) groups excluding carboxylic acids is 1. The summed E-state index contributed by atoms with van der Waals surface area (Å²) < 4.78 is 19.3. The number of urea groups is 1. The molecule has 0 spiro atoms. The molecule has 1 aliphatic carbocycles. The molecule has 1 saturated heterocycles. The van der Waals surface area contributed by atoms with Gasteiger partial charge in [-0.1, -0.05) is 44.2 Å². The topological polar surface area (TPSA) is 73.8 Å². The van der Waals surface area contributed by atoms with Crippen LogP contribution in [0.25, 0.3) is 0 Å². The molecule has 6 nitrogen and oxygen atoms in total. The number of hydrogen-bond acceptors (Lipinski definition) is 4. The Morgan fingerprint density at radius 2 is 2.03 bits per heavy atom. The van der Waals surface area contributed by atoms with E-state index < -0.39 is 5.60 Å². The largest absolute Gasteiger partial charge is 0.385 e. The Morgan fingerprint density at radius 1 is 1.23 bits per heavy atom. The number of rotatable bonds is 12. The van der Waals surface area contributed by atoms with E-state index in [1.54, 1.807) is 13.2 Å². The fraction of sp³-hybridized carbons (Fsp3) is 0.750. The molecule has 2 aliphatic rings. The Balaban J connectivity index is 1.67. The molecule has 2 amide bonds. The van der Waals surface area contributed by atoms with Crippen molar-refractivity contribution in [1.82, 2.24) is 15.5 Å². The van der Waals surface area contributed by atoms with E-state index in [0.29, 0.717) is 37.6 Å². The lowest BCUT2D eigenvalue weighted by molar-refractivity contribution is -0.0565. The second-order valence-corrected chi connectivity index (χ2v) is 10.6. The highest BCUT2D eigenvalue weighted by Gasteiger charge is 2.41. The number of unbranched alkanes of at least 4 members (excludes halogenated alkanes) is 1. The number of methoxy groups -OCH3 is 1. The number of likely N-dealkylation sites (N-methyl/N-ethyl adjacent to an activating group) is 1. The molecular formula is C28H46FN3O3. The molecule has 0 aromatic heterocycles. The summed E-state index contributed by atoms with van der Waals surface area (Å²) in [4.78, 5) is 15.2. The highest BCUT2D eigenvalue weighted by molar-refractivity contribution is 5.74. The second kappa shape index (κ2) is 14.1. The van der Waals surface area contributed by atoms with Gasteiger partial charge in [-0.25, -0.2) is 9.18 Å². The third-order valence-electron chi connectivity index (χ3n) is 7.99. The molecule has 2 fully saturated rings. The fourth-order valence-corrected chi connectivity index (χ4v) is 6.07. The lowest BCUT2D eigenvalue weighted by Crippen LogP contribution is -2.54. The Bertz CT molecular complexity index is 774. The van der Waals surface area contributed by atoms with Gasteiger partial charge in [-0.15, -0.1) is 0 Å². The zero-order valence-electron chi connectivity index (χ0n) is 21.7. The number of halogens is 1. The number of nitrogens with zero attached hydrogens (tertiary/aromatic N) is 1. The van der Waals surface area contributed by atoms with Crippen molar-refractivity contribution in [2.24, 2.45) is 11.8 Å². The van der Waals surface area contributed by atoms with Crippen molar-refractivity contribution in [3.63, 3.8) is 0 Å². The smallest absolute Gasteiger partial charge is 0.317 e. The monoisotopic (exact) mass is 491 g/mol. The standard InChI is InChI=1S/C28H46FN3O3/c1-30-20-26(18-22-10-4-3-5-11-22)31-27(33)32-16-9-13-24(21-32)28(34,15-6-7-17-35-2)23-12-8-14-25(29)19-23/h8,12,14,19,22,24,26,30,34H,3-7,9-11,13,15-18,20-21H2,1-2H3,(H,31,33)/t24-,26+,28+/m1/s1. The molecular weight excluding hydrogens is 445 g/mol. The van der Waals surface area contributed by atoms with Crippen molar-refractivity contribution in [2.75, 3.05) is 40.4 Å². The van der Waals surface area contributed by atoms with Crippen LogP contribution in [-0.2, 0) is 10.3 Å². The maximum absolute atomic E-state index is 14.1.